The fraction of sp³-hybridized carbons (Fsp3) is 0.375. The fourth-order valence-electron chi connectivity index (χ4n) is 2.45. The zero-order valence-corrected chi connectivity index (χ0v) is 14.8. The molecule has 1 aromatic carbocycles. The molecule has 1 saturated carbocycles. The molecule has 1 aromatic heterocycles. The number of thiazole rings is 1. The van der Waals surface area contributed by atoms with Gasteiger partial charge in [0, 0.05) is 19.1 Å². The monoisotopic (exact) mass is 379 g/mol. The van der Waals surface area contributed by atoms with Gasteiger partial charge in [0.2, 0.25) is 0 Å². The lowest BCUT2D eigenvalue weighted by Crippen LogP contribution is -2.37. The van der Waals surface area contributed by atoms with Crippen LogP contribution in [0.4, 0.5) is 0 Å². The maximum Gasteiger partial charge on any atom is 0.274 e. The first kappa shape index (κ1) is 15.6. The first-order valence-corrected chi connectivity index (χ1v) is 8.95. The van der Waals surface area contributed by atoms with Crippen molar-refractivity contribution in [3.8, 4) is 10.4 Å². The molecular weight excluding hydrogens is 362 g/mol. The van der Waals surface area contributed by atoms with Crippen LogP contribution in [0.5, 0.6) is 0 Å². The largest absolute Gasteiger partial charge is 0.333 e. The van der Waals surface area contributed by atoms with E-state index in [9.17, 15) is 4.79 Å². The van der Waals surface area contributed by atoms with E-state index in [-0.39, 0.29) is 5.91 Å². The molecule has 1 aliphatic rings. The van der Waals surface area contributed by atoms with Crippen molar-refractivity contribution in [3.05, 3.63) is 39.4 Å². The van der Waals surface area contributed by atoms with Crippen molar-refractivity contribution >= 4 is 33.2 Å². The Morgan fingerprint density at radius 3 is 2.68 bits per heavy atom. The molecular formula is C16H18BrN3OS. The molecule has 4 nitrogen and oxygen atoms in total. The first-order chi connectivity index (χ1) is 10.6. The summed E-state index contributed by atoms with van der Waals surface area (Å²) in [6.07, 6.45) is 2.13. The van der Waals surface area contributed by atoms with Gasteiger partial charge in [-0.1, -0.05) is 29.8 Å². The number of nitrogens with two attached hydrogens (primary N) is 1. The molecule has 1 heterocycles. The van der Waals surface area contributed by atoms with Gasteiger partial charge in [-0.15, -0.1) is 11.3 Å². The summed E-state index contributed by atoms with van der Waals surface area (Å²) in [6, 6.07) is 8.51. The molecule has 116 valence electrons. The third kappa shape index (κ3) is 3.24. The number of nitrogens with zero attached hydrogens (tertiary/aromatic N) is 2. The summed E-state index contributed by atoms with van der Waals surface area (Å²) in [7, 11) is 0. The lowest BCUT2D eigenvalue weighted by Gasteiger charge is -2.21. The lowest BCUT2D eigenvalue weighted by atomic mass is 10.1. The number of amides is 1. The van der Waals surface area contributed by atoms with E-state index in [1.54, 1.807) is 0 Å². The number of aromatic nitrogens is 1. The maximum absolute atomic E-state index is 12.9. The van der Waals surface area contributed by atoms with Gasteiger partial charge in [-0.25, -0.2) is 4.98 Å². The van der Waals surface area contributed by atoms with Gasteiger partial charge in [0.15, 0.2) is 3.92 Å². The van der Waals surface area contributed by atoms with Gasteiger partial charge in [-0.05, 0) is 41.3 Å². The summed E-state index contributed by atoms with van der Waals surface area (Å²) in [5.74, 6) is -0.00882. The van der Waals surface area contributed by atoms with E-state index in [0.29, 0.717) is 24.8 Å². The number of halogens is 1. The predicted octanol–water partition coefficient (Wildman–Crippen LogP) is 3.44. The Balaban J connectivity index is 1.96. The highest BCUT2D eigenvalue weighted by Crippen LogP contribution is 2.36. The molecule has 1 aliphatic carbocycles. The highest BCUT2D eigenvalue weighted by molar-refractivity contribution is 9.11. The molecule has 2 aromatic rings. The average Bonchev–Trinajstić information content (AvgIpc) is 3.27. The van der Waals surface area contributed by atoms with Gasteiger partial charge < -0.3 is 10.6 Å². The number of carbonyl (C=O) groups is 1. The number of carbonyl (C=O) groups excluding carboxylic acids is 1. The molecule has 6 heteroatoms. The summed E-state index contributed by atoms with van der Waals surface area (Å²) in [6.45, 7) is 3.12. The Morgan fingerprint density at radius 2 is 2.09 bits per heavy atom. The molecule has 0 radical (unpaired) electrons. The van der Waals surface area contributed by atoms with Crippen molar-refractivity contribution in [1.82, 2.24) is 9.88 Å². The van der Waals surface area contributed by atoms with Crippen LogP contribution in [-0.2, 0) is 0 Å². The minimum absolute atomic E-state index is 0.00882. The van der Waals surface area contributed by atoms with Crippen LogP contribution in [0, 0.1) is 6.92 Å². The number of aryl methyl sites for hydroxylation is 1. The molecule has 1 amide bonds. The van der Waals surface area contributed by atoms with Crippen molar-refractivity contribution in [2.75, 3.05) is 13.1 Å². The third-order valence-electron chi connectivity index (χ3n) is 3.74. The lowest BCUT2D eigenvalue weighted by molar-refractivity contribution is 0.0743. The van der Waals surface area contributed by atoms with Gasteiger partial charge in [-0.3, -0.25) is 4.79 Å². The van der Waals surface area contributed by atoms with Crippen LogP contribution in [0.3, 0.4) is 0 Å². The number of hydrogen-bond donors (Lipinski definition) is 1. The second kappa shape index (κ2) is 6.48. The van der Waals surface area contributed by atoms with E-state index < -0.39 is 0 Å². The van der Waals surface area contributed by atoms with E-state index in [2.05, 4.69) is 40.0 Å². The highest BCUT2D eigenvalue weighted by atomic mass is 79.9. The molecule has 0 saturated heterocycles. The van der Waals surface area contributed by atoms with Crippen LogP contribution in [0.25, 0.3) is 10.4 Å². The molecule has 0 spiro atoms. The molecule has 0 aliphatic heterocycles. The average molecular weight is 380 g/mol. The summed E-state index contributed by atoms with van der Waals surface area (Å²) in [5.41, 5.74) is 8.42. The Morgan fingerprint density at radius 1 is 1.41 bits per heavy atom. The minimum Gasteiger partial charge on any atom is -0.333 e. The highest BCUT2D eigenvalue weighted by Gasteiger charge is 2.34. The van der Waals surface area contributed by atoms with E-state index >= 15 is 0 Å². The molecule has 2 N–H and O–H groups in total. The summed E-state index contributed by atoms with van der Waals surface area (Å²) in [4.78, 5) is 20.1. The Kier molecular flexibility index (Phi) is 4.61. The Labute approximate surface area is 142 Å². The Hall–Kier alpha value is -1.24. The van der Waals surface area contributed by atoms with Gasteiger partial charge in [-0.2, -0.15) is 0 Å². The van der Waals surface area contributed by atoms with Crippen LogP contribution < -0.4 is 5.73 Å². The van der Waals surface area contributed by atoms with Gasteiger partial charge in [0.05, 0.1) is 4.88 Å². The molecule has 0 atom stereocenters. The van der Waals surface area contributed by atoms with Gasteiger partial charge in [0.25, 0.3) is 5.91 Å². The topological polar surface area (TPSA) is 59.2 Å². The van der Waals surface area contributed by atoms with Crippen molar-refractivity contribution in [2.24, 2.45) is 5.73 Å². The summed E-state index contributed by atoms with van der Waals surface area (Å²) < 4.78 is 0.731. The Bertz CT molecular complexity index is 679. The second-order valence-electron chi connectivity index (χ2n) is 5.53. The van der Waals surface area contributed by atoms with Crippen molar-refractivity contribution in [3.63, 3.8) is 0 Å². The normalized spacial score (nSPS) is 14.1. The fourth-order valence-corrected chi connectivity index (χ4v) is 3.90. The molecule has 22 heavy (non-hydrogen) atoms. The van der Waals surface area contributed by atoms with Crippen molar-refractivity contribution in [2.45, 2.75) is 25.8 Å². The van der Waals surface area contributed by atoms with E-state index in [0.717, 1.165) is 27.2 Å². The van der Waals surface area contributed by atoms with Crippen molar-refractivity contribution in [1.29, 1.82) is 0 Å². The predicted molar refractivity (Wildman–Crippen MR) is 93.1 cm³/mol. The van der Waals surface area contributed by atoms with Crippen LogP contribution in [0.1, 0.15) is 28.9 Å². The maximum atomic E-state index is 12.9. The zero-order chi connectivity index (χ0) is 15.7. The van der Waals surface area contributed by atoms with Crippen molar-refractivity contribution < 1.29 is 4.79 Å². The van der Waals surface area contributed by atoms with Crippen LogP contribution >= 0.6 is 27.3 Å². The van der Waals surface area contributed by atoms with Crippen LogP contribution in [0.15, 0.2) is 28.2 Å². The standard InChI is InChI=1S/C16H18BrN3OS/c1-10-2-4-11(5-3-10)14-13(19-16(17)22-14)15(21)20(9-8-18)12-6-7-12/h2-5,12H,6-9,18H2,1H3. The summed E-state index contributed by atoms with van der Waals surface area (Å²) in [5, 5.41) is 0. The van der Waals surface area contributed by atoms with E-state index in [1.807, 2.05) is 17.0 Å². The number of rotatable bonds is 5. The number of benzene rings is 1. The smallest absolute Gasteiger partial charge is 0.274 e. The quantitative estimate of drug-likeness (QED) is 0.865. The van der Waals surface area contributed by atoms with Gasteiger partial charge >= 0.3 is 0 Å². The SMILES string of the molecule is Cc1ccc(-c2sc(Br)nc2C(=O)N(CCN)C2CC2)cc1. The minimum atomic E-state index is -0.00882. The second-order valence-corrected chi connectivity index (χ2v) is 7.80. The van der Waals surface area contributed by atoms with Crippen LogP contribution in [0.2, 0.25) is 0 Å². The molecule has 0 unspecified atom stereocenters. The molecule has 3 rings (SSSR count). The summed E-state index contributed by atoms with van der Waals surface area (Å²) >= 11 is 4.91. The van der Waals surface area contributed by atoms with Crippen LogP contribution in [-0.4, -0.2) is 34.9 Å². The molecule has 1 fully saturated rings. The van der Waals surface area contributed by atoms with Gasteiger partial charge in [0.1, 0.15) is 5.69 Å². The van der Waals surface area contributed by atoms with E-state index in [4.69, 9.17) is 5.73 Å². The third-order valence-corrected chi connectivity index (χ3v) is 5.29. The van der Waals surface area contributed by atoms with E-state index in [1.165, 1.54) is 16.9 Å². The number of hydrogen-bond acceptors (Lipinski definition) is 4. The first-order valence-electron chi connectivity index (χ1n) is 7.34. The zero-order valence-electron chi connectivity index (χ0n) is 12.4. The molecule has 0 bridgehead atoms.